The molecular formula is C16H28N2. The lowest BCUT2D eigenvalue weighted by Crippen LogP contribution is -2.43. The summed E-state index contributed by atoms with van der Waals surface area (Å²) in [5.41, 5.74) is 0.143. The second kappa shape index (κ2) is 6.08. The molecule has 1 heterocycles. The van der Waals surface area contributed by atoms with Gasteiger partial charge in [0.15, 0.2) is 0 Å². The number of nitrogens with zero attached hydrogens (tertiary/aromatic N) is 1. The largest absolute Gasteiger partial charge is 0.314 e. The topological polar surface area (TPSA) is 15.3 Å². The van der Waals surface area contributed by atoms with Crippen molar-refractivity contribution in [3.63, 3.8) is 0 Å². The molecule has 0 atom stereocenters. The van der Waals surface area contributed by atoms with E-state index in [4.69, 9.17) is 0 Å². The van der Waals surface area contributed by atoms with E-state index in [1.54, 1.807) is 0 Å². The molecular weight excluding hydrogens is 220 g/mol. The Morgan fingerprint density at radius 3 is 2.33 bits per heavy atom. The van der Waals surface area contributed by atoms with Gasteiger partial charge in [-0.05, 0) is 58.9 Å². The van der Waals surface area contributed by atoms with Gasteiger partial charge in [-0.1, -0.05) is 11.8 Å². The van der Waals surface area contributed by atoms with E-state index >= 15 is 0 Å². The van der Waals surface area contributed by atoms with Crippen LogP contribution in [-0.4, -0.2) is 37.1 Å². The highest BCUT2D eigenvalue weighted by molar-refractivity contribution is 5.08. The molecule has 0 unspecified atom stereocenters. The van der Waals surface area contributed by atoms with Crippen LogP contribution in [0, 0.1) is 23.2 Å². The van der Waals surface area contributed by atoms with Gasteiger partial charge in [-0.15, -0.1) is 0 Å². The Hall–Kier alpha value is -0.520. The van der Waals surface area contributed by atoms with E-state index in [-0.39, 0.29) is 5.41 Å². The molecule has 2 rings (SSSR count). The van der Waals surface area contributed by atoms with Crippen LogP contribution in [0.3, 0.4) is 0 Å². The summed E-state index contributed by atoms with van der Waals surface area (Å²) in [6.45, 7) is 11.2. The van der Waals surface area contributed by atoms with Gasteiger partial charge in [0, 0.05) is 24.5 Å². The number of likely N-dealkylation sites (tertiary alicyclic amines) is 1. The molecule has 1 aliphatic carbocycles. The van der Waals surface area contributed by atoms with Crippen molar-refractivity contribution >= 4 is 0 Å². The second-order valence-electron chi connectivity index (χ2n) is 6.95. The van der Waals surface area contributed by atoms with Gasteiger partial charge in [0.2, 0.25) is 0 Å². The Kier molecular flexibility index (Phi) is 4.70. The summed E-state index contributed by atoms with van der Waals surface area (Å²) in [5, 5.41) is 3.72. The van der Waals surface area contributed by atoms with Crippen LogP contribution in [0.1, 0.15) is 46.5 Å². The molecule has 2 aliphatic rings. The lowest BCUT2D eigenvalue weighted by molar-refractivity contribution is 0.217. The van der Waals surface area contributed by atoms with Crippen molar-refractivity contribution in [1.82, 2.24) is 10.2 Å². The maximum Gasteiger partial charge on any atom is 0.0601 e. The van der Waals surface area contributed by atoms with Gasteiger partial charge in [-0.3, -0.25) is 4.90 Å². The van der Waals surface area contributed by atoms with Gasteiger partial charge < -0.3 is 5.32 Å². The predicted molar refractivity (Wildman–Crippen MR) is 77.4 cm³/mol. The van der Waals surface area contributed by atoms with Gasteiger partial charge in [-0.25, -0.2) is 0 Å². The maximum absolute atomic E-state index is 3.72. The molecule has 0 aromatic carbocycles. The van der Waals surface area contributed by atoms with Gasteiger partial charge in [0.25, 0.3) is 0 Å². The molecule has 0 spiro atoms. The Balaban J connectivity index is 1.61. The molecule has 0 radical (unpaired) electrons. The van der Waals surface area contributed by atoms with E-state index in [1.807, 2.05) is 0 Å². The van der Waals surface area contributed by atoms with Crippen LogP contribution < -0.4 is 5.32 Å². The SMILES string of the molecule is CC(C)(C)C#CCN1CCC(NCC2CC2)CC1. The first kappa shape index (κ1) is 13.9. The number of hydrogen-bond acceptors (Lipinski definition) is 2. The summed E-state index contributed by atoms with van der Waals surface area (Å²) >= 11 is 0. The fourth-order valence-electron chi connectivity index (χ4n) is 2.37. The van der Waals surface area contributed by atoms with E-state index < -0.39 is 0 Å². The Bertz CT molecular complexity index is 306. The third-order valence-electron chi connectivity index (χ3n) is 3.75. The number of piperidine rings is 1. The summed E-state index contributed by atoms with van der Waals surface area (Å²) in [5.74, 6) is 7.65. The molecule has 18 heavy (non-hydrogen) atoms. The van der Waals surface area contributed by atoms with Gasteiger partial charge >= 0.3 is 0 Å². The molecule has 102 valence electrons. The first-order chi connectivity index (χ1) is 8.53. The molecule has 0 aromatic rings. The third kappa shape index (κ3) is 5.42. The van der Waals surface area contributed by atoms with Crippen LogP contribution in [0.2, 0.25) is 0 Å². The zero-order chi connectivity index (χ0) is 13.0. The van der Waals surface area contributed by atoms with Crippen molar-refractivity contribution < 1.29 is 0 Å². The predicted octanol–water partition coefficient (Wildman–Crippen LogP) is 2.50. The van der Waals surface area contributed by atoms with E-state index in [9.17, 15) is 0 Å². The van der Waals surface area contributed by atoms with Crippen molar-refractivity contribution in [3.05, 3.63) is 0 Å². The van der Waals surface area contributed by atoms with E-state index in [0.717, 1.165) is 18.5 Å². The zero-order valence-corrected chi connectivity index (χ0v) is 12.3. The Morgan fingerprint density at radius 1 is 1.11 bits per heavy atom. The molecule has 0 amide bonds. The average molecular weight is 248 g/mol. The van der Waals surface area contributed by atoms with E-state index in [1.165, 1.54) is 45.3 Å². The molecule has 2 heteroatoms. The third-order valence-corrected chi connectivity index (χ3v) is 3.75. The minimum Gasteiger partial charge on any atom is -0.314 e. The highest BCUT2D eigenvalue weighted by Gasteiger charge is 2.24. The minimum absolute atomic E-state index is 0.143. The van der Waals surface area contributed by atoms with Gasteiger partial charge in [0.1, 0.15) is 0 Å². The molecule has 1 saturated heterocycles. The molecule has 1 aliphatic heterocycles. The molecule has 0 bridgehead atoms. The Morgan fingerprint density at radius 2 is 1.78 bits per heavy atom. The summed E-state index contributed by atoms with van der Waals surface area (Å²) in [4.78, 5) is 2.49. The molecule has 1 N–H and O–H groups in total. The molecule has 2 nitrogen and oxygen atoms in total. The molecule has 0 aromatic heterocycles. The van der Waals surface area contributed by atoms with Crippen LogP contribution in [0.15, 0.2) is 0 Å². The van der Waals surface area contributed by atoms with Crippen molar-refractivity contribution in [2.75, 3.05) is 26.2 Å². The first-order valence-electron chi connectivity index (χ1n) is 7.49. The Labute approximate surface area is 113 Å². The zero-order valence-electron chi connectivity index (χ0n) is 12.3. The fourth-order valence-corrected chi connectivity index (χ4v) is 2.37. The van der Waals surface area contributed by atoms with Crippen LogP contribution >= 0.6 is 0 Å². The van der Waals surface area contributed by atoms with E-state index in [0.29, 0.717) is 0 Å². The highest BCUT2D eigenvalue weighted by atomic mass is 15.1. The summed E-state index contributed by atoms with van der Waals surface area (Å²) in [6, 6.07) is 0.762. The van der Waals surface area contributed by atoms with Gasteiger partial charge in [-0.2, -0.15) is 0 Å². The summed E-state index contributed by atoms with van der Waals surface area (Å²) in [7, 11) is 0. The monoisotopic (exact) mass is 248 g/mol. The average Bonchev–Trinajstić information content (AvgIpc) is 3.10. The molecule has 1 saturated carbocycles. The summed E-state index contributed by atoms with van der Waals surface area (Å²) in [6.07, 6.45) is 5.50. The van der Waals surface area contributed by atoms with Crippen LogP contribution in [0.5, 0.6) is 0 Å². The highest BCUT2D eigenvalue weighted by Crippen LogP contribution is 2.28. The number of rotatable bonds is 4. The standard InChI is InChI=1S/C16H28N2/c1-16(2,3)9-4-10-18-11-7-15(8-12-18)17-13-14-5-6-14/h14-15,17H,5-8,10-13H2,1-3H3. The maximum atomic E-state index is 3.72. The first-order valence-corrected chi connectivity index (χ1v) is 7.49. The summed E-state index contributed by atoms with van der Waals surface area (Å²) < 4.78 is 0. The van der Waals surface area contributed by atoms with Crippen LogP contribution in [0.25, 0.3) is 0 Å². The minimum atomic E-state index is 0.143. The van der Waals surface area contributed by atoms with Crippen molar-refractivity contribution in [1.29, 1.82) is 0 Å². The lowest BCUT2D eigenvalue weighted by Gasteiger charge is -2.31. The molecule has 2 fully saturated rings. The number of nitrogens with one attached hydrogen (secondary N) is 1. The van der Waals surface area contributed by atoms with Crippen molar-refractivity contribution in [3.8, 4) is 11.8 Å². The fraction of sp³-hybridized carbons (Fsp3) is 0.875. The van der Waals surface area contributed by atoms with Crippen LogP contribution in [-0.2, 0) is 0 Å². The van der Waals surface area contributed by atoms with E-state index in [2.05, 4.69) is 42.8 Å². The van der Waals surface area contributed by atoms with Crippen molar-refractivity contribution in [2.24, 2.45) is 11.3 Å². The second-order valence-corrected chi connectivity index (χ2v) is 6.95. The van der Waals surface area contributed by atoms with Crippen LogP contribution in [0.4, 0.5) is 0 Å². The number of hydrogen-bond donors (Lipinski definition) is 1. The van der Waals surface area contributed by atoms with Gasteiger partial charge in [0.05, 0.1) is 6.54 Å². The van der Waals surface area contributed by atoms with Crippen molar-refractivity contribution in [2.45, 2.75) is 52.5 Å². The quantitative estimate of drug-likeness (QED) is 0.769. The lowest BCUT2D eigenvalue weighted by atomic mass is 9.98. The smallest absolute Gasteiger partial charge is 0.0601 e. The normalized spacial score (nSPS) is 22.6.